The van der Waals surface area contributed by atoms with E-state index in [0.717, 1.165) is 5.56 Å². The fourth-order valence-corrected chi connectivity index (χ4v) is 2.42. The summed E-state index contributed by atoms with van der Waals surface area (Å²) in [7, 11) is 0. The summed E-state index contributed by atoms with van der Waals surface area (Å²) >= 11 is 0. The van der Waals surface area contributed by atoms with Gasteiger partial charge in [-0.3, -0.25) is 14.4 Å². The molecule has 160 valence electrons. The predicted molar refractivity (Wildman–Crippen MR) is 105 cm³/mol. The number of phenols is 1. The van der Waals surface area contributed by atoms with E-state index >= 15 is 0 Å². The van der Waals surface area contributed by atoms with E-state index in [4.69, 9.17) is 10.8 Å². The van der Waals surface area contributed by atoms with Gasteiger partial charge in [0, 0.05) is 0 Å². The molecule has 0 saturated carbocycles. The fraction of sp³-hybridized carbons (Fsp3) is 0.474. The smallest absolute Gasteiger partial charge is 0.326 e. The summed E-state index contributed by atoms with van der Waals surface area (Å²) in [5, 5.41) is 25.4. The maximum atomic E-state index is 12.2. The molecular formula is C19H28N4O6. The SMILES string of the molecule is CC(NC(=O)C(N)Cc1ccc(O)cc1)C(=O)NCC(=O)NC(C(=O)O)C(C)C. The molecule has 0 saturated heterocycles. The van der Waals surface area contributed by atoms with E-state index in [1.165, 1.54) is 19.1 Å². The largest absolute Gasteiger partial charge is 0.508 e. The Labute approximate surface area is 168 Å². The highest BCUT2D eigenvalue weighted by Crippen LogP contribution is 2.11. The highest BCUT2D eigenvalue weighted by molar-refractivity contribution is 5.92. The van der Waals surface area contributed by atoms with Crippen LogP contribution >= 0.6 is 0 Å². The number of carbonyl (C=O) groups excluding carboxylic acids is 3. The second-order valence-electron chi connectivity index (χ2n) is 7.05. The van der Waals surface area contributed by atoms with Gasteiger partial charge in [-0.1, -0.05) is 26.0 Å². The molecule has 3 atom stereocenters. The highest BCUT2D eigenvalue weighted by atomic mass is 16.4. The van der Waals surface area contributed by atoms with Crippen molar-refractivity contribution in [1.29, 1.82) is 0 Å². The van der Waals surface area contributed by atoms with Gasteiger partial charge >= 0.3 is 5.97 Å². The minimum Gasteiger partial charge on any atom is -0.508 e. The molecule has 0 heterocycles. The number of phenolic OH excluding ortho intramolecular Hbond substituents is 1. The van der Waals surface area contributed by atoms with Crippen LogP contribution in [-0.4, -0.2) is 58.6 Å². The number of aliphatic carboxylic acids is 1. The number of benzene rings is 1. The van der Waals surface area contributed by atoms with Crippen LogP contribution in [0.15, 0.2) is 24.3 Å². The first-order chi connectivity index (χ1) is 13.5. The van der Waals surface area contributed by atoms with Gasteiger partial charge in [0.15, 0.2) is 0 Å². The Morgan fingerprint density at radius 2 is 1.59 bits per heavy atom. The molecule has 10 heteroatoms. The molecule has 29 heavy (non-hydrogen) atoms. The van der Waals surface area contributed by atoms with Gasteiger partial charge in [0.05, 0.1) is 12.6 Å². The number of rotatable bonds is 10. The van der Waals surface area contributed by atoms with E-state index < -0.39 is 48.4 Å². The lowest BCUT2D eigenvalue weighted by Crippen LogP contribution is -2.53. The molecular weight excluding hydrogens is 380 g/mol. The van der Waals surface area contributed by atoms with Crippen LogP contribution in [0.25, 0.3) is 0 Å². The molecule has 0 aliphatic rings. The Hall–Kier alpha value is -3.14. The van der Waals surface area contributed by atoms with Gasteiger partial charge in [0.25, 0.3) is 0 Å². The van der Waals surface area contributed by atoms with Gasteiger partial charge in [-0.25, -0.2) is 4.79 Å². The Bertz CT molecular complexity index is 735. The number of hydrogen-bond donors (Lipinski definition) is 6. The topological polar surface area (TPSA) is 171 Å². The molecule has 0 aliphatic heterocycles. The number of aromatic hydroxyl groups is 1. The van der Waals surface area contributed by atoms with Crippen molar-refractivity contribution < 1.29 is 29.4 Å². The van der Waals surface area contributed by atoms with Crippen LogP contribution in [0.1, 0.15) is 26.3 Å². The lowest BCUT2D eigenvalue weighted by molar-refractivity contribution is -0.143. The van der Waals surface area contributed by atoms with Crippen molar-refractivity contribution in [3.8, 4) is 5.75 Å². The van der Waals surface area contributed by atoms with Crippen LogP contribution in [0.2, 0.25) is 0 Å². The first kappa shape index (κ1) is 23.9. The first-order valence-electron chi connectivity index (χ1n) is 9.15. The minimum absolute atomic E-state index is 0.101. The lowest BCUT2D eigenvalue weighted by Gasteiger charge is -2.19. The third-order valence-electron chi connectivity index (χ3n) is 4.15. The molecule has 7 N–H and O–H groups in total. The average molecular weight is 408 g/mol. The van der Waals surface area contributed by atoms with Crippen LogP contribution in [0.4, 0.5) is 0 Å². The maximum absolute atomic E-state index is 12.2. The van der Waals surface area contributed by atoms with Crippen molar-refractivity contribution in [2.75, 3.05) is 6.54 Å². The summed E-state index contributed by atoms with van der Waals surface area (Å²) in [6, 6.07) is 3.33. The lowest BCUT2D eigenvalue weighted by atomic mass is 10.0. The van der Waals surface area contributed by atoms with Gasteiger partial charge in [-0.05, 0) is 37.0 Å². The zero-order valence-electron chi connectivity index (χ0n) is 16.6. The normalized spacial score (nSPS) is 13.8. The minimum atomic E-state index is -1.16. The Kier molecular flexibility index (Phi) is 9.07. The van der Waals surface area contributed by atoms with E-state index in [-0.39, 0.29) is 18.1 Å². The molecule has 0 aromatic heterocycles. The van der Waals surface area contributed by atoms with Crippen molar-refractivity contribution in [3.63, 3.8) is 0 Å². The van der Waals surface area contributed by atoms with Gasteiger partial charge < -0.3 is 31.9 Å². The molecule has 0 radical (unpaired) electrons. The molecule has 0 aliphatic carbocycles. The fourth-order valence-electron chi connectivity index (χ4n) is 2.42. The monoisotopic (exact) mass is 408 g/mol. The number of nitrogens with two attached hydrogens (primary N) is 1. The Morgan fingerprint density at radius 3 is 2.10 bits per heavy atom. The van der Waals surface area contributed by atoms with E-state index in [1.54, 1.807) is 26.0 Å². The summed E-state index contributed by atoms with van der Waals surface area (Å²) in [5.74, 6) is -3.19. The first-order valence-corrected chi connectivity index (χ1v) is 9.15. The molecule has 10 nitrogen and oxygen atoms in total. The summed E-state index contributed by atoms with van der Waals surface area (Å²) in [4.78, 5) is 47.1. The quantitative estimate of drug-likeness (QED) is 0.291. The van der Waals surface area contributed by atoms with Crippen molar-refractivity contribution >= 4 is 23.7 Å². The third kappa shape index (κ3) is 8.18. The summed E-state index contributed by atoms with van der Waals surface area (Å²) in [5.41, 5.74) is 6.59. The van der Waals surface area contributed by atoms with Gasteiger partial charge in [-0.15, -0.1) is 0 Å². The summed E-state index contributed by atoms with van der Waals surface area (Å²) < 4.78 is 0. The second-order valence-corrected chi connectivity index (χ2v) is 7.05. The number of nitrogens with one attached hydrogen (secondary N) is 3. The average Bonchev–Trinajstić information content (AvgIpc) is 2.65. The predicted octanol–water partition coefficient (Wildman–Crippen LogP) is -0.892. The van der Waals surface area contributed by atoms with Gasteiger partial charge in [0.2, 0.25) is 17.7 Å². The Morgan fingerprint density at radius 1 is 1.00 bits per heavy atom. The number of carboxylic acid groups (broad SMARTS) is 1. The molecule has 1 aromatic carbocycles. The summed E-state index contributed by atoms with van der Waals surface area (Å²) in [6.45, 7) is 4.31. The van der Waals surface area contributed by atoms with E-state index in [0.29, 0.717) is 0 Å². The molecule has 3 amide bonds. The van der Waals surface area contributed by atoms with Crippen LogP contribution < -0.4 is 21.7 Å². The number of carbonyl (C=O) groups is 4. The molecule has 1 rings (SSSR count). The van der Waals surface area contributed by atoms with Crippen LogP contribution in [-0.2, 0) is 25.6 Å². The number of amides is 3. The Balaban J connectivity index is 2.46. The number of carboxylic acids is 1. The van der Waals surface area contributed by atoms with Crippen molar-refractivity contribution in [3.05, 3.63) is 29.8 Å². The number of hydrogen-bond acceptors (Lipinski definition) is 6. The third-order valence-corrected chi connectivity index (χ3v) is 4.15. The van der Waals surface area contributed by atoms with Crippen molar-refractivity contribution in [1.82, 2.24) is 16.0 Å². The van der Waals surface area contributed by atoms with E-state index in [9.17, 15) is 24.3 Å². The van der Waals surface area contributed by atoms with Crippen LogP contribution in [0, 0.1) is 5.92 Å². The second kappa shape index (κ2) is 11.0. The summed E-state index contributed by atoms with van der Waals surface area (Å²) in [6.07, 6.45) is 0.217. The van der Waals surface area contributed by atoms with Crippen molar-refractivity contribution in [2.24, 2.45) is 11.7 Å². The van der Waals surface area contributed by atoms with Gasteiger partial charge in [0.1, 0.15) is 17.8 Å². The van der Waals surface area contributed by atoms with Crippen molar-refractivity contribution in [2.45, 2.75) is 45.3 Å². The molecule has 1 aromatic rings. The molecule has 3 unspecified atom stereocenters. The zero-order chi connectivity index (χ0) is 22.1. The molecule has 0 bridgehead atoms. The molecule has 0 spiro atoms. The standard InChI is InChI=1S/C19H28N4O6/c1-10(2)16(19(28)29)23-15(25)9-21-17(26)11(3)22-18(27)14(20)8-12-4-6-13(24)7-5-12/h4-7,10-11,14,16,24H,8-9,20H2,1-3H3,(H,21,26)(H,22,27)(H,23,25)(H,28,29). The van der Waals surface area contributed by atoms with Gasteiger partial charge in [-0.2, -0.15) is 0 Å². The van der Waals surface area contributed by atoms with E-state index in [2.05, 4.69) is 16.0 Å². The zero-order valence-corrected chi connectivity index (χ0v) is 16.6. The molecule has 0 fully saturated rings. The highest BCUT2D eigenvalue weighted by Gasteiger charge is 2.24. The van der Waals surface area contributed by atoms with E-state index in [1.807, 2.05) is 0 Å². The maximum Gasteiger partial charge on any atom is 0.326 e. The van der Waals surface area contributed by atoms with Crippen LogP contribution in [0.5, 0.6) is 5.75 Å². The van der Waals surface area contributed by atoms with Crippen LogP contribution in [0.3, 0.4) is 0 Å².